The zero-order valence-electron chi connectivity index (χ0n) is 16.0. The summed E-state index contributed by atoms with van der Waals surface area (Å²) in [6, 6.07) is 8.85. The fraction of sp³-hybridized carbons (Fsp3) is 0.150. The number of hydrogen-bond acceptors (Lipinski definition) is 6. The van der Waals surface area contributed by atoms with E-state index < -0.39 is 30.7 Å². The molecule has 12 heteroatoms. The van der Waals surface area contributed by atoms with Crippen LogP contribution in [0.2, 0.25) is 5.02 Å². The first kappa shape index (κ1) is 21.7. The van der Waals surface area contributed by atoms with Gasteiger partial charge in [-0.3, -0.25) is 4.79 Å². The first-order chi connectivity index (χ1) is 15.2. The molecule has 0 aliphatic rings. The van der Waals surface area contributed by atoms with Gasteiger partial charge in [0.25, 0.3) is 11.8 Å². The van der Waals surface area contributed by atoms with Crippen LogP contribution in [0.25, 0.3) is 22.3 Å². The Morgan fingerprint density at radius 2 is 2.00 bits per heavy atom. The highest BCUT2D eigenvalue weighted by Gasteiger charge is 2.31. The van der Waals surface area contributed by atoms with Crippen LogP contribution in [0.3, 0.4) is 0 Å². The Morgan fingerprint density at radius 1 is 1.25 bits per heavy atom. The number of rotatable bonds is 6. The van der Waals surface area contributed by atoms with Crippen molar-refractivity contribution in [1.29, 1.82) is 0 Å². The van der Waals surface area contributed by atoms with Gasteiger partial charge in [-0.25, -0.2) is 0 Å². The summed E-state index contributed by atoms with van der Waals surface area (Å²) in [6.45, 7) is -0.528. The number of nitrogens with one attached hydrogen (secondary N) is 2. The fourth-order valence-corrected chi connectivity index (χ4v) is 3.18. The highest BCUT2D eigenvalue weighted by atomic mass is 35.5. The number of halogens is 4. The molecule has 0 radical (unpaired) electrons. The summed E-state index contributed by atoms with van der Waals surface area (Å²) in [4.78, 5) is 19.8. The molecule has 0 aliphatic heterocycles. The lowest BCUT2D eigenvalue weighted by atomic mass is 10.1. The number of aromatic nitrogens is 3. The first-order valence-electron chi connectivity index (χ1n) is 9.11. The third-order valence-electron chi connectivity index (χ3n) is 4.46. The minimum Gasteiger partial charge on any atom is -0.406 e. The average molecular weight is 467 g/mol. The molecule has 32 heavy (non-hydrogen) atoms. The summed E-state index contributed by atoms with van der Waals surface area (Å²) in [7, 11) is 0. The van der Waals surface area contributed by atoms with Crippen molar-refractivity contribution in [1.82, 2.24) is 20.4 Å². The number of benzene rings is 2. The highest BCUT2D eigenvalue weighted by molar-refractivity contribution is 6.31. The summed E-state index contributed by atoms with van der Waals surface area (Å²) >= 11 is 5.95. The van der Waals surface area contributed by atoms with E-state index in [-0.39, 0.29) is 11.7 Å². The summed E-state index contributed by atoms with van der Waals surface area (Å²) in [6.07, 6.45) is -3.29. The Balaban J connectivity index is 1.50. The second kappa shape index (κ2) is 8.52. The largest absolute Gasteiger partial charge is 0.573 e. The molecule has 1 atom stereocenters. The van der Waals surface area contributed by atoms with E-state index in [0.29, 0.717) is 27.1 Å². The van der Waals surface area contributed by atoms with Crippen molar-refractivity contribution in [3.05, 3.63) is 65.1 Å². The first-order valence-corrected chi connectivity index (χ1v) is 9.49. The van der Waals surface area contributed by atoms with Crippen molar-refractivity contribution in [3.63, 3.8) is 0 Å². The smallest absolute Gasteiger partial charge is 0.406 e. The van der Waals surface area contributed by atoms with Gasteiger partial charge in [0.1, 0.15) is 11.8 Å². The molecule has 0 saturated heterocycles. The van der Waals surface area contributed by atoms with Crippen LogP contribution in [-0.2, 0) is 0 Å². The Morgan fingerprint density at radius 3 is 2.69 bits per heavy atom. The molecule has 3 N–H and O–H groups in total. The lowest BCUT2D eigenvalue weighted by molar-refractivity contribution is -0.274. The van der Waals surface area contributed by atoms with E-state index in [4.69, 9.17) is 16.1 Å². The van der Waals surface area contributed by atoms with Crippen LogP contribution in [0.4, 0.5) is 13.2 Å². The van der Waals surface area contributed by atoms with E-state index in [1.807, 2.05) is 0 Å². The molecule has 4 aromatic rings. The molecular formula is C20H14ClF3N4O4. The topological polar surface area (TPSA) is 113 Å². The SMILES string of the molecule is O=C(N[C@@H](CO)c1nc(-c2ccc(OC(F)(F)F)cc2)no1)c1c[nH]c2cc(Cl)ccc12. The molecule has 2 aromatic heterocycles. The molecule has 0 saturated carbocycles. The molecule has 0 spiro atoms. The average Bonchev–Trinajstić information content (AvgIpc) is 3.38. The van der Waals surface area contributed by atoms with Crippen molar-refractivity contribution >= 4 is 28.4 Å². The van der Waals surface area contributed by atoms with Crippen molar-refractivity contribution in [3.8, 4) is 17.1 Å². The van der Waals surface area contributed by atoms with Gasteiger partial charge in [0.2, 0.25) is 5.82 Å². The Kier molecular flexibility index (Phi) is 5.76. The lowest BCUT2D eigenvalue weighted by Crippen LogP contribution is -2.30. The molecule has 8 nitrogen and oxygen atoms in total. The predicted molar refractivity (Wildman–Crippen MR) is 107 cm³/mol. The minimum atomic E-state index is -4.80. The number of aromatic amines is 1. The molecule has 0 bridgehead atoms. The molecule has 4 rings (SSSR count). The number of carbonyl (C=O) groups excluding carboxylic acids is 1. The van der Waals surface area contributed by atoms with Gasteiger partial charge >= 0.3 is 6.36 Å². The number of carbonyl (C=O) groups is 1. The van der Waals surface area contributed by atoms with Gasteiger partial charge in [-0.05, 0) is 36.4 Å². The van der Waals surface area contributed by atoms with Gasteiger partial charge in [-0.2, -0.15) is 4.98 Å². The van der Waals surface area contributed by atoms with Crippen LogP contribution in [0, 0.1) is 0 Å². The van der Waals surface area contributed by atoms with E-state index in [0.717, 1.165) is 12.1 Å². The Labute approximate surface area is 183 Å². The number of ether oxygens (including phenoxy) is 1. The monoisotopic (exact) mass is 466 g/mol. The number of fused-ring (bicyclic) bond motifs is 1. The van der Waals surface area contributed by atoms with Crippen LogP contribution in [-0.4, -0.2) is 39.1 Å². The van der Waals surface area contributed by atoms with Crippen molar-refractivity contribution < 1.29 is 32.3 Å². The molecule has 166 valence electrons. The molecule has 0 aliphatic carbocycles. The zero-order chi connectivity index (χ0) is 22.9. The summed E-state index contributed by atoms with van der Waals surface area (Å²) in [5.41, 5.74) is 1.35. The number of hydrogen-bond donors (Lipinski definition) is 3. The minimum absolute atomic E-state index is 0.0630. The van der Waals surface area contributed by atoms with Crippen LogP contribution in [0.1, 0.15) is 22.3 Å². The normalized spacial score (nSPS) is 12.7. The quantitative estimate of drug-likeness (QED) is 0.392. The van der Waals surface area contributed by atoms with Crippen molar-refractivity contribution in [2.45, 2.75) is 12.4 Å². The van der Waals surface area contributed by atoms with Crippen molar-refractivity contribution in [2.24, 2.45) is 0 Å². The van der Waals surface area contributed by atoms with Gasteiger partial charge in [-0.1, -0.05) is 22.8 Å². The molecule has 2 heterocycles. The Bertz CT molecular complexity index is 1250. The molecular weight excluding hydrogens is 453 g/mol. The number of H-pyrrole nitrogens is 1. The lowest BCUT2D eigenvalue weighted by Gasteiger charge is -2.11. The van der Waals surface area contributed by atoms with Crippen LogP contribution < -0.4 is 10.1 Å². The Hall–Kier alpha value is -3.57. The van der Waals surface area contributed by atoms with Crippen molar-refractivity contribution in [2.75, 3.05) is 6.61 Å². The van der Waals surface area contributed by atoms with E-state index in [9.17, 15) is 23.1 Å². The highest BCUT2D eigenvalue weighted by Crippen LogP contribution is 2.26. The third-order valence-corrected chi connectivity index (χ3v) is 4.70. The number of alkyl halides is 3. The summed E-state index contributed by atoms with van der Waals surface area (Å²) in [5.74, 6) is -0.904. The van der Waals surface area contributed by atoms with Gasteiger partial charge in [0, 0.05) is 27.7 Å². The second-order valence-electron chi connectivity index (χ2n) is 6.63. The molecule has 2 aromatic carbocycles. The van der Waals surface area contributed by atoms with Gasteiger partial charge in [-0.15, -0.1) is 13.2 Å². The predicted octanol–water partition coefficient (Wildman–Crippen LogP) is 4.23. The zero-order valence-corrected chi connectivity index (χ0v) is 16.7. The van der Waals surface area contributed by atoms with E-state index >= 15 is 0 Å². The number of aliphatic hydroxyl groups excluding tert-OH is 1. The van der Waals surface area contributed by atoms with E-state index in [1.165, 1.54) is 18.3 Å². The maximum atomic E-state index is 12.7. The van der Waals surface area contributed by atoms with Gasteiger partial charge in [0.15, 0.2) is 0 Å². The number of nitrogens with zero attached hydrogens (tertiary/aromatic N) is 2. The van der Waals surface area contributed by atoms with Gasteiger partial charge in [0.05, 0.1) is 12.2 Å². The van der Waals surface area contributed by atoms with Crippen LogP contribution in [0.15, 0.2) is 53.2 Å². The van der Waals surface area contributed by atoms with Crippen LogP contribution in [0.5, 0.6) is 5.75 Å². The molecule has 1 amide bonds. The molecule has 0 fully saturated rings. The third kappa shape index (κ3) is 4.68. The molecule has 0 unspecified atom stereocenters. The van der Waals surface area contributed by atoms with E-state index in [2.05, 4.69) is 25.2 Å². The van der Waals surface area contributed by atoms with Gasteiger partial charge < -0.3 is 24.7 Å². The van der Waals surface area contributed by atoms with Crippen LogP contribution >= 0.6 is 11.6 Å². The summed E-state index contributed by atoms with van der Waals surface area (Å²) < 4.78 is 45.8. The van der Waals surface area contributed by atoms with E-state index in [1.54, 1.807) is 18.2 Å². The second-order valence-corrected chi connectivity index (χ2v) is 7.07. The standard InChI is InChI=1S/C20H14ClF3N4O4/c21-11-3-6-13-14(8-25-15(13)7-11)18(30)26-16(9-29)19-27-17(28-32-19)10-1-4-12(5-2-10)31-20(22,23)24/h1-8,16,25,29H,9H2,(H,26,30)/t16-/m0/s1. The fourth-order valence-electron chi connectivity index (χ4n) is 3.01. The maximum absolute atomic E-state index is 12.7. The number of aliphatic hydroxyl groups is 1. The maximum Gasteiger partial charge on any atom is 0.573 e. The summed E-state index contributed by atoms with van der Waals surface area (Å²) in [5, 5.41) is 17.2. The number of amides is 1.